The maximum atomic E-state index is 12.8. The highest BCUT2D eigenvalue weighted by Crippen LogP contribution is 2.41. The van der Waals surface area contributed by atoms with E-state index in [1.807, 2.05) is 13.8 Å². The molecule has 2 aromatic heterocycles. The number of carbonyl (C=O) groups excluding carboxylic acids is 1. The van der Waals surface area contributed by atoms with Gasteiger partial charge in [0.05, 0.1) is 5.69 Å². The number of nitrogens with two attached hydrogens (primary N) is 1. The maximum Gasteiger partial charge on any atom is 0.354 e. The van der Waals surface area contributed by atoms with Crippen LogP contribution in [0.25, 0.3) is 0 Å². The highest BCUT2D eigenvalue weighted by molar-refractivity contribution is 7.91. The molecule has 28 heavy (non-hydrogen) atoms. The number of aromatic nitrogens is 3. The first-order valence-corrected chi connectivity index (χ1v) is 11.3. The summed E-state index contributed by atoms with van der Waals surface area (Å²) in [5.74, 6) is 0.382. The number of pyridine rings is 1. The Morgan fingerprint density at radius 2 is 2.14 bits per heavy atom. The van der Waals surface area contributed by atoms with E-state index < -0.39 is 15.9 Å². The van der Waals surface area contributed by atoms with Gasteiger partial charge in [-0.1, -0.05) is 6.92 Å². The van der Waals surface area contributed by atoms with E-state index in [0.717, 1.165) is 60.3 Å². The highest BCUT2D eigenvalue weighted by atomic mass is 32.2. The molecule has 0 radical (unpaired) electrons. The van der Waals surface area contributed by atoms with Gasteiger partial charge in [-0.2, -0.15) is 5.10 Å². The van der Waals surface area contributed by atoms with E-state index in [9.17, 15) is 9.00 Å². The van der Waals surface area contributed by atoms with Gasteiger partial charge in [-0.3, -0.25) is 9.67 Å². The average Bonchev–Trinajstić information content (AvgIpc) is 3.34. The molecule has 2 aliphatic carbocycles. The number of hydrogen-bond acceptors (Lipinski definition) is 4. The van der Waals surface area contributed by atoms with Gasteiger partial charge in [0.15, 0.2) is 14.9 Å². The van der Waals surface area contributed by atoms with Crippen LogP contribution < -0.4 is 10.5 Å². The van der Waals surface area contributed by atoms with Gasteiger partial charge < -0.3 is 5.32 Å². The lowest BCUT2D eigenvalue weighted by atomic mass is 10.0. The maximum absolute atomic E-state index is 12.8. The molecular weight excluding hydrogens is 376 g/mol. The summed E-state index contributed by atoms with van der Waals surface area (Å²) in [6, 6.07) is 0.943. The zero-order valence-corrected chi connectivity index (χ0v) is 17.3. The van der Waals surface area contributed by atoms with Crippen LogP contribution in [0.4, 0.5) is 10.5 Å². The van der Waals surface area contributed by atoms with Crippen molar-refractivity contribution in [1.82, 2.24) is 14.8 Å². The van der Waals surface area contributed by atoms with Crippen molar-refractivity contribution in [1.29, 1.82) is 0 Å². The Kier molecular flexibility index (Phi) is 4.75. The fourth-order valence-electron chi connectivity index (χ4n) is 4.02. The Hall–Kier alpha value is -2.26. The first-order chi connectivity index (χ1) is 13.3. The molecule has 0 saturated carbocycles. The Balaban J connectivity index is 1.67. The molecule has 0 spiro atoms. The summed E-state index contributed by atoms with van der Waals surface area (Å²) < 4.78 is 18.2. The number of nitrogens with one attached hydrogen (secondary N) is 1. The van der Waals surface area contributed by atoms with Crippen LogP contribution in [0.1, 0.15) is 68.1 Å². The highest BCUT2D eigenvalue weighted by Gasteiger charge is 2.30. The summed E-state index contributed by atoms with van der Waals surface area (Å²) in [7, 11) is -3.42. The molecule has 2 atom stereocenters. The average molecular weight is 403 g/mol. The summed E-state index contributed by atoms with van der Waals surface area (Å²) in [5.41, 5.74) is 5.11. The number of urea groups is 1. The number of anilines is 1. The molecule has 2 aromatic rings. The van der Waals surface area contributed by atoms with Crippen molar-refractivity contribution >= 4 is 21.6 Å². The molecule has 0 aliphatic heterocycles. The van der Waals surface area contributed by atoms with Crippen molar-refractivity contribution in [2.75, 3.05) is 5.32 Å². The zero-order valence-electron chi connectivity index (χ0n) is 16.4. The van der Waals surface area contributed by atoms with Crippen molar-refractivity contribution in [3.63, 3.8) is 0 Å². The van der Waals surface area contributed by atoms with Crippen molar-refractivity contribution in [2.24, 2.45) is 9.50 Å². The van der Waals surface area contributed by atoms with Crippen LogP contribution in [-0.2, 0) is 29.2 Å². The van der Waals surface area contributed by atoms with E-state index in [4.69, 9.17) is 10.1 Å². The Morgan fingerprint density at radius 3 is 2.86 bits per heavy atom. The Bertz CT molecular complexity index is 1060. The van der Waals surface area contributed by atoms with E-state index in [0.29, 0.717) is 5.92 Å². The lowest BCUT2D eigenvalue weighted by Gasteiger charge is -2.15. The van der Waals surface area contributed by atoms with Gasteiger partial charge in [-0.25, -0.2) is 14.1 Å². The summed E-state index contributed by atoms with van der Waals surface area (Å²) in [6.07, 6.45) is 6.42. The number of nitrogens with zero attached hydrogens (tertiary/aromatic N) is 4. The molecule has 4 rings (SSSR count). The predicted octanol–water partition coefficient (Wildman–Crippen LogP) is 3.33. The molecule has 0 bridgehead atoms. The van der Waals surface area contributed by atoms with Crippen LogP contribution in [0, 0.1) is 0 Å². The van der Waals surface area contributed by atoms with Crippen molar-refractivity contribution in [3.05, 3.63) is 34.8 Å². The molecule has 9 heteroatoms. The van der Waals surface area contributed by atoms with Gasteiger partial charge in [-0.15, -0.1) is 4.36 Å². The molecule has 0 aromatic carbocycles. The minimum atomic E-state index is -3.42. The topological polar surface area (TPSA) is 115 Å². The van der Waals surface area contributed by atoms with Crippen LogP contribution in [0.5, 0.6) is 0 Å². The van der Waals surface area contributed by atoms with E-state index in [1.54, 1.807) is 16.9 Å². The van der Waals surface area contributed by atoms with E-state index in [-0.39, 0.29) is 11.1 Å². The van der Waals surface area contributed by atoms with Crippen LogP contribution in [0.3, 0.4) is 0 Å². The predicted molar refractivity (Wildman–Crippen MR) is 108 cm³/mol. The molecule has 2 heterocycles. The van der Waals surface area contributed by atoms with Gasteiger partial charge in [0.25, 0.3) is 0 Å². The first kappa shape index (κ1) is 19.1. The largest absolute Gasteiger partial charge is 0.354 e. The SMILES string of the molecule is CC1CCc2c1nc1c(c2NC(=O)N=[S@@](N)(=O)c2ccn(C(C)C)n2)CCC1. The van der Waals surface area contributed by atoms with Crippen LogP contribution in [-0.4, -0.2) is 25.0 Å². The van der Waals surface area contributed by atoms with E-state index >= 15 is 0 Å². The molecule has 2 amide bonds. The second-order valence-electron chi connectivity index (χ2n) is 7.89. The molecular formula is C19H26N6O2S. The van der Waals surface area contributed by atoms with Crippen molar-refractivity contribution in [2.45, 2.75) is 69.9 Å². The van der Waals surface area contributed by atoms with Crippen LogP contribution in [0.15, 0.2) is 21.7 Å². The number of aryl methyl sites for hydroxylation is 1. The third-order valence-electron chi connectivity index (χ3n) is 5.51. The fourth-order valence-corrected chi connectivity index (χ4v) is 4.87. The Labute approximate surface area is 165 Å². The van der Waals surface area contributed by atoms with Gasteiger partial charge in [0.1, 0.15) is 0 Å². The van der Waals surface area contributed by atoms with E-state index in [1.165, 1.54) is 0 Å². The number of amides is 2. The summed E-state index contributed by atoms with van der Waals surface area (Å²) >= 11 is 0. The number of hydrogen-bond donors (Lipinski definition) is 2. The van der Waals surface area contributed by atoms with Crippen molar-refractivity contribution in [3.8, 4) is 0 Å². The van der Waals surface area contributed by atoms with Crippen molar-refractivity contribution < 1.29 is 9.00 Å². The number of fused-ring (bicyclic) bond motifs is 2. The quantitative estimate of drug-likeness (QED) is 0.819. The zero-order chi connectivity index (χ0) is 20.1. The van der Waals surface area contributed by atoms with Crippen LogP contribution in [0.2, 0.25) is 0 Å². The summed E-state index contributed by atoms with van der Waals surface area (Å²) in [6.45, 7) is 6.06. The minimum absolute atomic E-state index is 0.0989. The molecule has 0 fully saturated rings. The van der Waals surface area contributed by atoms with Gasteiger partial charge >= 0.3 is 6.03 Å². The summed E-state index contributed by atoms with van der Waals surface area (Å²) in [4.78, 5) is 17.5. The second-order valence-corrected chi connectivity index (χ2v) is 9.63. The monoisotopic (exact) mass is 402 g/mol. The molecule has 3 N–H and O–H groups in total. The van der Waals surface area contributed by atoms with Gasteiger partial charge in [-0.05, 0) is 69.1 Å². The molecule has 150 valence electrons. The van der Waals surface area contributed by atoms with E-state index in [2.05, 4.69) is 21.7 Å². The van der Waals surface area contributed by atoms with Gasteiger partial charge in [0, 0.05) is 23.6 Å². The fraction of sp³-hybridized carbons (Fsp3) is 0.526. The first-order valence-electron chi connectivity index (χ1n) is 9.72. The molecule has 1 unspecified atom stereocenters. The minimum Gasteiger partial charge on any atom is -0.305 e. The van der Waals surface area contributed by atoms with Crippen LogP contribution >= 0.6 is 0 Å². The molecule has 0 saturated heterocycles. The Morgan fingerprint density at radius 1 is 1.36 bits per heavy atom. The standard InChI is InChI=1S/C19H26N6O2S/c1-11(2)25-10-9-16(23-25)28(20,27)24-19(26)22-18-13-5-4-6-15(13)21-17-12(3)7-8-14(17)18/h9-12H,4-8H2,1-3H3,(H3,20,21,22,24,26,27)/t12?,28-/m1/s1. The second kappa shape index (κ2) is 6.97. The number of carbonyl (C=O) groups is 1. The third-order valence-corrected chi connectivity index (χ3v) is 6.77. The lowest BCUT2D eigenvalue weighted by Crippen LogP contribution is -2.20. The normalized spacial score (nSPS) is 20.0. The smallest absolute Gasteiger partial charge is 0.305 e. The summed E-state index contributed by atoms with van der Waals surface area (Å²) in [5, 5.41) is 13.1. The number of rotatable bonds is 3. The molecule has 8 nitrogen and oxygen atoms in total. The third kappa shape index (κ3) is 3.33. The lowest BCUT2D eigenvalue weighted by molar-refractivity contribution is 0.260. The molecule has 2 aliphatic rings. The van der Waals surface area contributed by atoms with Gasteiger partial charge in [0.2, 0.25) is 0 Å².